The second-order valence-electron chi connectivity index (χ2n) is 5.77. The average molecular weight is 453 g/mol. The molecule has 1 heterocycles. The number of anilines is 1. The van der Waals surface area contributed by atoms with Gasteiger partial charge in [-0.2, -0.15) is 0 Å². The Morgan fingerprint density at radius 3 is 2.44 bits per heavy atom. The van der Waals surface area contributed by atoms with Crippen molar-refractivity contribution in [3.63, 3.8) is 0 Å². The third-order valence-electron chi connectivity index (χ3n) is 3.86. The maximum Gasteiger partial charge on any atom is 0.341 e. The lowest BCUT2D eigenvalue weighted by atomic mass is 10.1. The van der Waals surface area contributed by atoms with Crippen LogP contribution in [0.25, 0.3) is 0 Å². The van der Waals surface area contributed by atoms with Gasteiger partial charge in [-0.25, -0.2) is 4.79 Å². The topological polar surface area (TPSA) is 84.5 Å². The molecule has 0 bridgehead atoms. The number of esters is 1. The number of hydrogen-bond donors (Lipinski definition) is 2. The fraction of sp³-hybridized carbons (Fsp3) is 0.316. The number of rotatable bonds is 7. The molecule has 2 amide bonds. The van der Waals surface area contributed by atoms with E-state index in [1.807, 2.05) is 13.8 Å². The van der Waals surface area contributed by atoms with E-state index in [9.17, 15) is 14.4 Å². The molecule has 6 nitrogen and oxygen atoms in total. The van der Waals surface area contributed by atoms with Crippen LogP contribution in [-0.4, -0.2) is 30.9 Å². The summed E-state index contributed by atoms with van der Waals surface area (Å²) in [6.07, 6.45) is 0.0977. The molecule has 0 aliphatic carbocycles. The molecular formula is C19H21BrN2O4S. The van der Waals surface area contributed by atoms with Gasteiger partial charge in [-0.15, -0.1) is 11.3 Å². The molecule has 0 spiro atoms. The Bertz CT molecular complexity index is 846. The number of ether oxygens (including phenoxy) is 1. The van der Waals surface area contributed by atoms with E-state index in [4.69, 9.17) is 4.74 Å². The maximum absolute atomic E-state index is 12.2. The van der Waals surface area contributed by atoms with Gasteiger partial charge < -0.3 is 15.4 Å². The summed E-state index contributed by atoms with van der Waals surface area (Å²) in [6, 6.07) is 6.95. The molecule has 1 aromatic heterocycles. The fourth-order valence-corrected chi connectivity index (χ4v) is 3.68. The standard InChI is InChI=1S/C19H21BrN2O4S/c1-4-26-19(25)16-11(2)12(3)27-18(16)22-15(23)9-10-21-17(24)13-5-7-14(20)8-6-13/h5-8H,4,9-10H2,1-3H3,(H,21,24)(H,22,23). The number of carbonyl (C=O) groups is 3. The molecule has 2 rings (SSSR count). The molecule has 0 fully saturated rings. The van der Waals surface area contributed by atoms with Gasteiger partial charge in [0.15, 0.2) is 0 Å². The molecule has 0 saturated heterocycles. The highest BCUT2D eigenvalue weighted by Gasteiger charge is 2.22. The predicted molar refractivity (Wildman–Crippen MR) is 109 cm³/mol. The lowest BCUT2D eigenvalue weighted by Crippen LogP contribution is -2.27. The molecule has 0 unspecified atom stereocenters. The van der Waals surface area contributed by atoms with Gasteiger partial charge in [0.1, 0.15) is 5.00 Å². The van der Waals surface area contributed by atoms with Gasteiger partial charge in [-0.3, -0.25) is 9.59 Å². The summed E-state index contributed by atoms with van der Waals surface area (Å²) < 4.78 is 5.96. The van der Waals surface area contributed by atoms with Crippen LogP contribution in [0.2, 0.25) is 0 Å². The number of hydrogen-bond acceptors (Lipinski definition) is 5. The first kappa shape index (κ1) is 21.1. The van der Waals surface area contributed by atoms with Crippen LogP contribution in [0.15, 0.2) is 28.7 Å². The van der Waals surface area contributed by atoms with Crippen molar-refractivity contribution in [1.29, 1.82) is 0 Å². The summed E-state index contributed by atoms with van der Waals surface area (Å²) >= 11 is 4.65. The first-order valence-corrected chi connectivity index (χ1v) is 10.0. The summed E-state index contributed by atoms with van der Waals surface area (Å²) in [6.45, 7) is 5.91. The van der Waals surface area contributed by atoms with Crippen molar-refractivity contribution in [3.8, 4) is 0 Å². The fourth-order valence-electron chi connectivity index (χ4n) is 2.35. The predicted octanol–water partition coefficient (Wildman–Crippen LogP) is 4.06. The molecule has 0 saturated carbocycles. The lowest BCUT2D eigenvalue weighted by molar-refractivity contribution is -0.116. The minimum atomic E-state index is -0.446. The number of amides is 2. The van der Waals surface area contributed by atoms with Gasteiger partial charge in [-0.1, -0.05) is 15.9 Å². The van der Waals surface area contributed by atoms with E-state index in [0.717, 1.165) is 14.9 Å². The summed E-state index contributed by atoms with van der Waals surface area (Å²) in [5.74, 6) is -0.971. The quantitative estimate of drug-likeness (QED) is 0.620. The van der Waals surface area contributed by atoms with Crippen molar-refractivity contribution in [1.82, 2.24) is 5.32 Å². The Morgan fingerprint density at radius 1 is 1.15 bits per heavy atom. The highest BCUT2D eigenvalue weighted by molar-refractivity contribution is 9.10. The molecule has 1 aromatic carbocycles. The first-order chi connectivity index (χ1) is 12.8. The zero-order valence-corrected chi connectivity index (χ0v) is 17.8. The van der Waals surface area contributed by atoms with Crippen LogP contribution < -0.4 is 10.6 Å². The smallest absolute Gasteiger partial charge is 0.341 e. The molecule has 0 radical (unpaired) electrons. The minimum Gasteiger partial charge on any atom is -0.462 e. The van der Waals surface area contributed by atoms with Crippen LogP contribution in [0.1, 0.15) is 44.5 Å². The maximum atomic E-state index is 12.2. The van der Waals surface area contributed by atoms with Crippen molar-refractivity contribution in [2.75, 3.05) is 18.5 Å². The normalized spacial score (nSPS) is 10.4. The third kappa shape index (κ3) is 5.64. The summed E-state index contributed by atoms with van der Waals surface area (Å²) in [7, 11) is 0. The Morgan fingerprint density at radius 2 is 1.81 bits per heavy atom. The van der Waals surface area contributed by atoms with Crippen LogP contribution in [-0.2, 0) is 9.53 Å². The molecular weight excluding hydrogens is 432 g/mol. The number of nitrogens with one attached hydrogen (secondary N) is 2. The first-order valence-electron chi connectivity index (χ1n) is 8.44. The SMILES string of the molecule is CCOC(=O)c1c(NC(=O)CCNC(=O)c2ccc(Br)cc2)sc(C)c1C. The Hall–Kier alpha value is -2.19. The molecule has 2 aromatic rings. The monoisotopic (exact) mass is 452 g/mol. The number of thiophene rings is 1. The Labute approximate surface area is 170 Å². The van der Waals surface area contributed by atoms with Crippen LogP contribution in [0.4, 0.5) is 5.00 Å². The van der Waals surface area contributed by atoms with Gasteiger partial charge in [0.2, 0.25) is 5.91 Å². The molecule has 2 N–H and O–H groups in total. The lowest BCUT2D eigenvalue weighted by Gasteiger charge is -2.08. The van der Waals surface area contributed by atoms with Gasteiger partial charge in [-0.05, 0) is 50.6 Å². The van der Waals surface area contributed by atoms with E-state index in [2.05, 4.69) is 26.6 Å². The van der Waals surface area contributed by atoms with Crippen LogP contribution in [0, 0.1) is 13.8 Å². The van der Waals surface area contributed by atoms with Gasteiger partial charge in [0.05, 0.1) is 12.2 Å². The summed E-state index contributed by atoms with van der Waals surface area (Å²) in [5.41, 5.74) is 1.72. The van der Waals surface area contributed by atoms with Crippen molar-refractivity contribution < 1.29 is 19.1 Å². The van der Waals surface area contributed by atoms with E-state index in [1.165, 1.54) is 11.3 Å². The molecule has 27 heavy (non-hydrogen) atoms. The van der Waals surface area contributed by atoms with Gasteiger partial charge >= 0.3 is 5.97 Å². The van der Waals surface area contributed by atoms with Crippen LogP contribution >= 0.6 is 27.3 Å². The average Bonchev–Trinajstić information content (AvgIpc) is 2.89. The second kappa shape index (κ2) is 9.66. The third-order valence-corrected chi connectivity index (χ3v) is 5.51. The zero-order chi connectivity index (χ0) is 20.0. The highest BCUT2D eigenvalue weighted by atomic mass is 79.9. The van der Waals surface area contributed by atoms with E-state index in [-0.39, 0.29) is 31.4 Å². The van der Waals surface area contributed by atoms with Crippen molar-refractivity contribution in [3.05, 3.63) is 50.3 Å². The number of aryl methyl sites for hydroxylation is 1. The Kier molecular flexibility index (Phi) is 7.55. The number of carbonyl (C=O) groups excluding carboxylic acids is 3. The van der Waals surface area contributed by atoms with Crippen molar-refractivity contribution >= 4 is 50.1 Å². The van der Waals surface area contributed by atoms with E-state index in [1.54, 1.807) is 31.2 Å². The molecule has 144 valence electrons. The summed E-state index contributed by atoms with van der Waals surface area (Å²) in [5, 5.41) is 5.94. The second-order valence-corrected chi connectivity index (χ2v) is 7.91. The zero-order valence-electron chi connectivity index (χ0n) is 15.3. The number of halogens is 1. The summed E-state index contributed by atoms with van der Waals surface area (Å²) in [4.78, 5) is 37.3. The highest BCUT2D eigenvalue weighted by Crippen LogP contribution is 2.33. The van der Waals surface area contributed by atoms with E-state index in [0.29, 0.717) is 16.1 Å². The number of benzene rings is 1. The minimum absolute atomic E-state index is 0.0977. The van der Waals surface area contributed by atoms with Gasteiger partial charge in [0.25, 0.3) is 5.91 Å². The van der Waals surface area contributed by atoms with Crippen molar-refractivity contribution in [2.45, 2.75) is 27.2 Å². The van der Waals surface area contributed by atoms with Crippen LogP contribution in [0.3, 0.4) is 0 Å². The largest absolute Gasteiger partial charge is 0.462 e. The van der Waals surface area contributed by atoms with Crippen LogP contribution in [0.5, 0.6) is 0 Å². The molecule has 0 aliphatic rings. The van der Waals surface area contributed by atoms with E-state index >= 15 is 0 Å². The Balaban J connectivity index is 1.92. The molecule has 0 aliphatic heterocycles. The molecule has 8 heteroatoms. The van der Waals surface area contributed by atoms with E-state index < -0.39 is 5.97 Å². The molecule has 0 atom stereocenters. The van der Waals surface area contributed by atoms with Gasteiger partial charge in [0, 0.05) is 27.9 Å². The van der Waals surface area contributed by atoms with Crippen molar-refractivity contribution in [2.24, 2.45) is 0 Å².